The number of hydrogen-bond acceptors (Lipinski definition) is 6. The van der Waals surface area contributed by atoms with E-state index in [0.29, 0.717) is 18.4 Å². The molecule has 2 aliphatic carbocycles. The lowest BCUT2D eigenvalue weighted by Crippen LogP contribution is -2.62. The van der Waals surface area contributed by atoms with Crippen LogP contribution in [0.4, 0.5) is 0 Å². The minimum Gasteiger partial charge on any atom is -0.380 e. The van der Waals surface area contributed by atoms with Gasteiger partial charge in [0.15, 0.2) is 0 Å². The maximum Gasteiger partial charge on any atom is 0.253 e. The second kappa shape index (κ2) is 6.66. The zero-order chi connectivity index (χ0) is 19.5. The molecule has 5 fully saturated rings. The van der Waals surface area contributed by atoms with Crippen LogP contribution in [0.5, 0.6) is 0 Å². The lowest BCUT2D eigenvalue weighted by molar-refractivity contribution is -0.138. The van der Waals surface area contributed by atoms with Gasteiger partial charge < -0.3 is 10.4 Å². The summed E-state index contributed by atoms with van der Waals surface area (Å²) in [4.78, 5) is 12.4. The van der Waals surface area contributed by atoms with E-state index in [1.54, 1.807) is 6.92 Å². The first-order valence-corrected chi connectivity index (χ1v) is 11.2. The molecule has 6 unspecified atom stereocenters. The second-order valence-electron chi connectivity index (χ2n) is 9.98. The third-order valence-electron chi connectivity index (χ3n) is 8.59. The van der Waals surface area contributed by atoms with Crippen molar-refractivity contribution in [3.05, 3.63) is 0 Å². The van der Waals surface area contributed by atoms with Crippen molar-refractivity contribution in [3.8, 4) is 6.07 Å². The highest BCUT2D eigenvalue weighted by Crippen LogP contribution is 2.50. The summed E-state index contributed by atoms with van der Waals surface area (Å²) in [7, 11) is 0. The molecule has 3 heterocycles. The van der Waals surface area contributed by atoms with Gasteiger partial charge in [0.2, 0.25) is 0 Å². The Balaban J connectivity index is 1.46. The Morgan fingerprint density at radius 3 is 2.71 bits per heavy atom. The maximum atomic E-state index is 12.4. The average Bonchev–Trinajstić information content (AvgIpc) is 3.14. The number of amides is 1. The highest BCUT2D eigenvalue weighted by Gasteiger charge is 2.61. The fraction of sp³-hybridized carbons (Fsp3) is 0.905. The van der Waals surface area contributed by atoms with Gasteiger partial charge >= 0.3 is 0 Å². The SMILES string of the molecule is C[C@@]1(O)C(=O)NC2NCCC(C3NN(C4(CC#N)CCC4)C4CCCCC34)C21. The summed E-state index contributed by atoms with van der Waals surface area (Å²) in [6.07, 6.45) is 9.71. The second-order valence-corrected chi connectivity index (χ2v) is 9.98. The van der Waals surface area contributed by atoms with E-state index in [1.165, 1.54) is 32.1 Å². The molecule has 4 N–H and O–H groups in total. The predicted molar refractivity (Wildman–Crippen MR) is 103 cm³/mol. The summed E-state index contributed by atoms with van der Waals surface area (Å²) in [5.41, 5.74) is 2.56. The van der Waals surface area contributed by atoms with Crippen LogP contribution in [0.25, 0.3) is 0 Å². The number of aliphatic hydroxyl groups is 1. The fourth-order valence-corrected chi connectivity index (χ4v) is 7.05. The van der Waals surface area contributed by atoms with E-state index < -0.39 is 5.60 Å². The van der Waals surface area contributed by atoms with Gasteiger partial charge in [-0.3, -0.25) is 15.5 Å². The van der Waals surface area contributed by atoms with Crippen LogP contribution in [0.2, 0.25) is 0 Å². The molecule has 3 aliphatic heterocycles. The van der Waals surface area contributed by atoms with Crippen LogP contribution in [0.15, 0.2) is 0 Å². The number of carbonyl (C=O) groups is 1. The number of fused-ring (bicyclic) bond motifs is 2. The van der Waals surface area contributed by atoms with Gasteiger partial charge in [0, 0.05) is 23.5 Å². The lowest BCUT2D eigenvalue weighted by Gasteiger charge is -2.50. The molecule has 2 saturated carbocycles. The van der Waals surface area contributed by atoms with Gasteiger partial charge in [0.1, 0.15) is 5.60 Å². The summed E-state index contributed by atoms with van der Waals surface area (Å²) in [5.74, 6) is 0.411. The quantitative estimate of drug-likeness (QED) is 0.577. The van der Waals surface area contributed by atoms with Crippen molar-refractivity contribution < 1.29 is 9.90 Å². The Morgan fingerprint density at radius 1 is 1.21 bits per heavy atom. The molecule has 7 atom stereocenters. The van der Waals surface area contributed by atoms with Crippen molar-refractivity contribution in [1.82, 2.24) is 21.1 Å². The van der Waals surface area contributed by atoms with Crippen molar-refractivity contribution >= 4 is 5.91 Å². The molecule has 5 rings (SSSR count). The number of carbonyl (C=O) groups excluding carboxylic acids is 1. The van der Waals surface area contributed by atoms with Gasteiger partial charge in [-0.25, -0.2) is 5.01 Å². The van der Waals surface area contributed by atoms with Crippen molar-refractivity contribution in [2.24, 2.45) is 17.8 Å². The van der Waals surface area contributed by atoms with E-state index in [0.717, 1.165) is 25.8 Å². The van der Waals surface area contributed by atoms with E-state index in [-0.39, 0.29) is 35.5 Å². The Kier molecular flexibility index (Phi) is 4.48. The number of nitriles is 1. The number of rotatable bonds is 3. The van der Waals surface area contributed by atoms with Gasteiger partial charge in [0.25, 0.3) is 5.91 Å². The third-order valence-corrected chi connectivity index (χ3v) is 8.59. The normalized spacial score (nSPS) is 47.5. The van der Waals surface area contributed by atoms with Gasteiger partial charge in [-0.15, -0.1) is 0 Å². The Hall–Kier alpha value is -1.20. The monoisotopic (exact) mass is 387 g/mol. The number of hydrazine groups is 1. The first kappa shape index (κ1) is 18.8. The molecule has 7 nitrogen and oxygen atoms in total. The van der Waals surface area contributed by atoms with E-state index in [9.17, 15) is 15.2 Å². The minimum absolute atomic E-state index is 0.0116. The van der Waals surface area contributed by atoms with E-state index in [2.05, 4.69) is 27.1 Å². The lowest BCUT2D eigenvalue weighted by atomic mass is 9.67. The van der Waals surface area contributed by atoms with E-state index in [4.69, 9.17) is 0 Å². The minimum atomic E-state index is -1.33. The van der Waals surface area contributed by atoms with Crippen LogP contribution in [-0.4, -0.2) is 52.0 Å². The largest absolute Gasteiger partial charge is 0.380 e. The van der Waals surface area contributed by atoms with Gasteiger partial charge in [-0.2, -0.15) is 5.26 Å². The first-order valence-electron chi connectivity index (χ1n) is 11.2. The molecule has 0 aromatic rings. The molecule has 7 heteroatoms. The first-order chi connectivity index (χ1) is 13.5. The van der Waals surface area contributed by atoms with E-state index >= 15 is 0 Å². The zero-order valence-corrected chi connectivity index (χ0v) is 16.8. The van der Waals surface area contributed by atoms with Crippen LogP contribution in [-0.2, 0) is 4.79 Å². The molecule has 1 amide bonds. The summed E-state index contributed by atoms with van der Waals surface area (Å²) in [5, 5.41) is 29.3. The van der Waals surface area contributed by atoms with Crippen LogP contribution in [0.3, 0.4) is 0 Å². The van der Waals surface area contributed by atoms with Gasteiger partial charge in [-0.1, -0.05) is 12.8 Å². The molecule has 28 heavy (non-hydrogen) atoms. The number of hydrogen-bond donors (Lipinski definition) is 4. The molecular weight excluding hydrogens is 354 g/mol. The van der Waals surface area contributed by atoms with Crippen LogP contribution in [0.1, 0.15) is 64.7 Å². The highest BCUT2D eigenvalue weighted by atomic mass is 16.3. The molecule has 0 aromatic carbocycles. The number of nitrogens with zero attached hydrogens (tertiary/aromatic N) is 2. The molecule has 0 aromatic heterocycles. The summed E-state index contributed by atoms with van der Waals surface area (Å²) in [6.45, 7) is 2.54. The van der Waals surface area contributed by atoms with Gasteiger partial charge in [0.05, 0.1) is 18.7 Å². The molecule has 0 bridgehead atoms. The Bertz CT molecular complexity index is 685. The molecule has 154 valence electrons. The van der Waals surface area contributed by atoms with E-state index in [1.807, 2.05) is 0 Å². The van der Waals surface area contributed by atoms with Crippen molar-refractivity contribution in [1.29, 1.82) is 5.26 Å². The summed E-state index contributed by atoms with van der Waals surface area (Å²) < 4.78 is 0. The van der Waals surface area contributed by atoms with Crippen molar-refractivity contribution in [2.45, 2.75) is 94.1 Å². The van der Waals surface area contributed by atoms with Crippen molar-refractivity contribution in [2.75, 3.05) is 6.54 Å². The Labute approximate surface area is 167 Å². The van der Waals surface area contributed by atoms with Crippen LogP contribution < -0.4 is 16.1 Å². The standard InChI is InChI=1S/C21H33N5O2/c1-20(28)16-14(7-12-23-18(16)24-19(20)27)17-13-5-2-3-6-15(13)26(25-17)21(10-11-22)8-4-9-21/h13-18,23,25,28H,2-10,12H2,1H3,(H,24,27)/t13?,14?,15?,16?,17?,18?,20-/m0/s1. The number of piperidine rings is 1. The molecule has 0 radical (unpaired) electrons. The smallest absolute Gasteiger partial charge is 0.253 e. The molecule has 0 spiro atoms. The van der Waals surface area contributed by atoms with Crippen molar-refractivity contribution in [3.63, 3.8) is 0 Å². The number of nitrogens with one attached hydrogen (secondary N) is 3. The van der Waals surface area contributed by atoms with Gasteiger partial charge in [-0.05, 0) is 63.8 Å². The highest BCUT2D eigenvalue weighted by molar-refractivity contribution is 5.87. The molecule has 3 saturated heterocycles. The predicted octanol–water partition coefficient (Wildman–Crippen LogP) is 1.00. The molecular formula is C21H33N5O2. The Morgan fingerprint density at radius 2 is 2.00 bits per heavy atom. The zero-order valence-electron chi connectivity index (χ0n) is 16.8. The maximum absolute atomic E-state index is 12.4. The average molecular weight is 388 g/mol. The van der Waals surface area contributed by atoms with Crippen LogP contribution >= 0.6 is 0 Å². The fourth-order valence-electron chi connectivity index (χ4n) is 7.05. The van der Waals surface area contributed by atoms with Crippen LogP contribution in [0, 0.1) is 29.1 Å². The summed E-state index contributed by atoms with van der Waals surface area (Å²) >= 11 is 0. The summed E-state index contributed by atoms with van der Waals surface area (Å²) in [6, 6.07) is 3.20. The molecule has 5 aliphatic rings. The third kappa shape index (κ3) is 2.58. The topological polar surface area (TPSA) is 100 Å².